The molecule has 282 valence electrons. The Balaban J connectivity index is 0.000000351. The molecule has 0 saturated carbocycles. The Kier molecular flexibility index (Phi) is 19.4. The molecule has 0 bridgehead atoms. The van der Waals surface area contributed by atoms with E-state index in [0.717, 1.165) is 40.3 Å². The highest BCUT2D eigenvalue weighted by molar-refractivity contribution is 9.08. The molecule has 0 spiro atoms. The van der Waals surface area contributed by atoms with Gasteiger partial charge in [-0.05, 0) is 54.6 Å². The number of hydrogen-bond donors (Lipinski definition) is 1. The summed E-state index contributed by atoms with van der Waals surface area (Å²) in [7, 11) is 0. The van der Waals surface area contributed by atoms with Crippen molar-refractivity contribution < 1.29 is 19.5 Å². The van der Waals surface area contributed by atoms with Crippen LogP contribution in [0.15, 0.2) is 97.1 Å². The molecule has 0 saturated heterocycles. The lowest BCUT2D eigenvalue weighted by molar-refractivity contribution is 0.0930. The number of rotatable bonds is 8. The fourth-order valence-corrected chi connectivity index (χ4v) is 5.19. The molecule has 1 unspecified atom stereocenters. The summed E-state index contributed by atoms with van der Waals surface area (Å²) in [5.74, 6) is 0.459. The summed E-state index contributed by atoms with van der Waals surface area (Å²) >= 11 is 3.38. The predicted molar refractivity (Wildman–Crippen MR) is 224 cm³/mol. The smallest absolute Gasteiger partial charge is 0.163 e. The molecule has 4 rings (SSSR count). The molecule has 0 aliphatic heterocycles. The van der Waals surface area contributed by atoms with E-state index < -0.39 is 0 Å². The maximum absolute atomic E-state index is 11.8. The minimum Gasteiger partial charge on any atom is -0.388 e. The highest BCUT2D eigenvalue weighted by atomic mass is 79.9. The van der Waals surface area contributed by atoms with E-state index in [9.17, 15) is 19.5 Å². The van der Waals surface area contributed by atoms with Crippen molar-refractivity contribution in [1.29, 1.82) is 0 Å². The second-order valence-corrected chi connectivity index (χ2v) is 17.8. The Morgan fingerprint density at radius 2 is 0.923 bits per heavy atom. The molecule has 4 aromatic carbocycles. The van der Waals surface area contributed by atoms with Gasteiger partial charge in [0, 0.05) is 34.9 Å². The van der Waals surface area contributed by atoms with Gasteiger partial charge in [-0.15, -0.1) is 0 Å². The molecule has 52 heavy (non-hydrogen) atoms. The van der Waals surface area contributed by atoms with Gasteiger partial charge < -0.3 is 5.11 Å². The molecule has 0 fully saturated rings. The topological polar surface area (TPSA) is 71.4 Å². The van der Waals surface area contributed by atoms with Crippen molar-refractivity contribution in [1.82, 2.24) is 0 Å². The second kappa shape index (κ2) is 21.8. The quantitative estimate of drug-likeness (QED) is 0.110. The van der Waals surface area contributed by atoms with E-state index in [1.54, 1.807) is 0 Å². The van der Waals surface area contributed by atoms with Crippen LogP contribution in [0.2, 0.25) is 0 Å². The number of alkyl halides is 1. The maximum Gasteiger partial charge on any atom is 0.163 e. The summed E-state index contributed by atoms with van der Waals surface area (Å²) in [6, 6.07) is 31.1. The van der Waals surface area contributed by atoms with Gasteiger partial charge in [-0.3, -0.25) is 14.4 Å². The number of carbonyl (C=O) groups is 3. The number of benzene rings is 4. The van der Waals surface area contributed by atoms with E-state index in [2.05, 4.69) is 85.2 Å². The van der Waals surface area contributed by atoms with Crippen LogP contribution in [-0.4, -0.2) is 23.0 Å². The van der Waals surface area contributed by atoms with Crippen LogP contribution in [0.25, 0.3) is 0 Å². The molecular formula is C47H63BrO4. The molecule has 0 aliphatic carbocycles. The standard InChI is InChI=1S/C13H17BrO.C13H20O.C13H18O.C8H8O/c1-13(2,3)8-12(15)11-6-4-10(9-14)5-7-11;2*1-10-5-7-11(8-6-10)12(14)9-13(2,3)4;1-7-2-4-8(6-9)5-3-7/h4-7H,8-9H2,1-3H3;5-8,12,14H,9H2,1-4H3;5-8H,9H2,1-4H3;2-6H,1H3. The molecule has 4 aromatic rings. The third kappa shape index (κ3) is 21.0. The lowest BCUT2D eigenvalue weighted by Crippen LogP contribution is -2.12. The molecule has 0 radical (unpaired) electrons. The number of aliphatic hydroxyl groups is 1. The van der Waals surface area contributed by atoms with Gasteiger partial charge in [-0.25, -0.2) is 0 Å². The lowest BCUT2D eigenvalue weighted by Gasteiger charge is -2.22. The molecule has 5 heteroatoms. The van der Waals surface area contributed by atoms with E-state index in [4.69, 9.17) is 0 Å². The zero-order chi connectivity index (χ0) is 39.7. The van der Waals surface area contributed by atoms with Gasteiger partial charge in [0.2, 0.25) is 0 Å². The van der Waals surface area contributed by atoms with Crippen LogP contribution in [0.3, 0.4) is 0 Å². The average molecular weight is 772 g/mol. The first-order valence-corrected chi connectivity index (χ1v) is 19.2. The summed E-state index contributed by atoms with van der Waals surface area (Å²) < 4.78 is 0. The fourth-order valence-electron chi connectivity index (χ4n) is 4.82. The minimum atomic E-state index is -0.337. The van der Waals surface area contributed by atoms with Crippen molar-refractivity contribution in [3.63, 3.8) is 0 Å². The van der Waals surface area contributed by atoms with Crippen molar-refractivity contribution in [3.8, 4) is 0 Å². The van der Waals surface area contributed by atoms with Gasteiger partial charge in [0.05, 0.1) is 6.10 Å². The van der Waals surface area contributed by atoms with Crippen LogP contribution < -0.4 is 0 Å². The molecular weight excluding hydrogens is 708 g/mol. The van der Waals surface area contributed by atoms with Crippen molar-refractivity contribution >= 4 is 33.8 Å². The summed E-state index contributed by atoms with van der Waals surface area (Å²) in [4.78, 5) is 33.7. The van der Waals surface area contributed by atoms with Gasteiger partial charge in [0.15, 0.2) is 11.6 Å². The second-order valence-electron chi connectivity index (χ2n) is 17.2. The first-order valence-electron chi connectivity index (χ1n) is 18.1. The zero-order valence-electron chi connectivity index (χ0n) is 33.8. The average Bonchev–Trinajstić information content (AvgIpc) is 3.04. The first kappa shape index (κ1) is 46.4. The molecule has 1 atom stereocenters. The molecule has 1 N–H and O–H groups in total. The third-order valence-electron chi connectivity index (χ3n) is 7.67. The van der Waals surface area contributed by atoms with Crippen LogP contribution in [0.4, 0.5) is 0 Å². The fraction of sp³-hybridized carbons (Fsp3) is 0.426. The number of halogens is 1. The summed E-state index contributed by atoms with van der Waals surface area (Å²) in [6.07, 6.45) is 2.52. The Morgan fingerprint density at radius 3 is 1.25 bits per heavy atom. The van der Waals surface area contributed by atoms with E-state index in [0.29, 0.717) is 12.8 Å². The van der Waals surface area contributed by atoms with Crippen LogP contribution >= 0.6 is 15.9 Å². The van der Waals surface area contributed by atoms with Gasteiger partial charge in [0.25, 0.3) is 0 Å². The lowest BCUT2D eigenvalue weighted by atomic mass is 9.87. The van der Waals surface area contributed by atoms with E-state index >= 15 is 0 Å². The Morgan fingerprint density at radius 1 is 0.577 bits per heavy atom. The highest BCUT2D eigenvalue weighted by Gasteiger charge is 2.19. The summed E-state index contributed by atoms with van der Waals surface area (Å²) in [5.41, 5.74) is 8.50. The normalized spacial score (nSPS) is 11.7. The highest BCUT2D eigenvalue weighted by Crippen LogP contribution is 2.29. The summed E-state index contributed by atoms with van der Waals surface area (Å²) in [5, 5.41) is 10.8. The Bertz CT molecular complexity index is 1630. The van der Waals surface area contributed by atoms with E-state index in [-0.39, 0.29) is 33.9 Å². The predicted octanol–water partition coefficient (Wildman–Crippen LogP) is 13.1. The van der Waals surface area contributed by atoms with E-state index in [1.807, 2.05) is 111 Å². The van der Waals surface area contributed by atoms with Crippen LogP contribution in [0.1, 0.15) is 147 Å². The van der Waals surface area contributed by atoms with Gasteiger partial charge in [-0.1, -0.05) is 192 Å². The molecule has 0 heterocycles. The molecule has 4 nitrogen and oxygen atoms in total. The van der Waals surface area contributed by atoms with Gasteiger partial charge in [-0.2, -0.15) is 0 Å². The Labute approximate surface area is 323 Å². The van der Waals surface area contributed by atoms with Crippen LogP contribution in [-0.2, 0) is 5.33 Å². The molecule has 0 amide bonds. The third-order valence-corrected chi connectivity index (χ3v) is 8.31. The van der Waals surface area contributed by atoms with Crippen molar-refractivity contribution in [2.24, 2.45) is 16.2 Å². The SMILES string of the molecule is CC(C)(C)CC(=O)c1ccc(CBr)cc1.Cc1ccc(C(=O)CC(C)(C)C)cc1.Cc1ccc(C(O)CC(C)(C)C)cc1.Cc1ccc(C=O)cc1. The number of aryl methyl sites for hydroxylation is 3. The van der Waals surface area contributed by atoms with Crippen LogP contribution in [0.5, 0.6) is 0 Å². The van der Waals surface area contributed by atoms with Crippen LogP contribution in [0, 0.1) is 37.0 Å². The number of Topliss-reactive ketones (excluding diaryl/α,β-unsaturated/α-hetero) is 2. The van der Waals surface area contributed by atoms with Gasteiger partial charge in [0.1, 0.15) is 6.29 Å². The largest absolute Gasteiger partial charge is 0.388 e. The molecule has 0 aliphatic rings. The van der Waals surface area contributed by atoms with E-state index in [1.165, 1.54) is 22.3 Å². The Hall–Kier alpha value is -3.67. The number of ketones is 2. The number of aliphatic hydroxyl groups excluding tert-OH is 1. The molecule has 0 aromatic heterocycles. The number of hydrogen-bond acceptors (Lipinski definition) is 4. The zero-order valence-corrected chi connectivity index (χ0v) is 35.4. The number of aldehydes is 1. The minimum absolute atomic E-state index is 0.0607. The van der Waals surface area contributed by atoms with Crippen molar-refractivity contribution in [2.45, 2.75) is 114 Å². The van der Waals surface area contributed by atoms with Crippen molar-refractivity contribution in [3.05, 3.63) is 142 Å². The summed E-state index contributed by atoms with van der Waals surface area (Å²) in [6.45, 7) is 25.0. The van der Waals surface area contributed by atoms with Crippen molar-refractivity contribution in [2.75, 3.05) is 0 Å². The maximum atomic E-state index is 11.8. The number of carbonyl (C=O) groups excluding carboxylic acids is 3. The monoisotopic (exact) mass is 770 g/mol. The first-order chi connectivity index (χ1) is 24.0. The van der Waals surface area contributed by atoms with Gasteiger partial charge >= 0.3 is 0 Å².